The molecule has 3 rings (SSSR count). The summed E-state index contributed by atoms with van der Waals surface area (Å²) in [5.41, 5.74) is 2.97. The molecular formula is C16H18N2O2S. The summed E-state index contributed by atoms with van der Waals surface area (Å²) in [5.74, 6) is -1.09. The first-order valence-corrected chi connectivity index (χ1v) is 8.16. The predicted molar refractivity (Wildman–Crippen MR) is 79.9 cm³/mol. The van der Waals surface area contributed by atoms with E-state index in [-0.39, 0.29) is 6.42 Å². The zero-order valence-corrected chi connectivity index (χ0v) is 12.6. The van der Waals surface area contributed by atoms with Gasteiger partial charge in [0, 0.05) is 41.7 Å². The van der Waals surface area contributed by atoms with Gasteiger partial charge >= 0.3 is 0 Å². The molecule has 0 spiro atoms. The van der Waals surface area contributed by atoms with Gasteiger partial charge in [0.1, 0.15) is 11.6 Å². The van der Waals surface area contributed by atoms with Crippen LogP contribution in [0.3, 0.4) is 0 Å². The number of aromatic nitrogens is 1. The van der Waals surface area contributed by atoms with Gasteiger partial charge in [0.25, 0.3) is 0 Å². The minimum absolute atomic E-state index is 0.118. The maximum absolute atomic E-state index is 10.6. The van der Waals surface area contributed by atoms with Gasteiger partial charge in [-0.1, -0.05) is 24.3 Å². The summed E-state index contributed by atoms with van der Waals surface area (Å²) in [6.07, 6.45) is 2.56. The minimum atomic E-state index is -1.09. The second-order valence-corrected chi connectivity index (χ2v) is 6.38. The average Bonchev–Trinajstić information content (AvgIpc) is 3.11. The molecule has 1 aliphatic heterocycles. The van der Waals surface area contributed by atoms with Crippen LogP contribution in [0.15, 0.2) is 29.6 Å². The zero-order valence-electron chi connectivity index (χ0n) is 11.8. The van der Waals surface area contributed by atoms with Crippen molar-refractivity contribution in [3.05, 3.63) is 40.9 Å². The van der Waals surface area contributed by atoms with Crippen LogP contribution in [0.5, 0.6) is 0 Å². The number of benzene rings is 1. The first-order valence-electron chi connectivity index (χ1n) is 7.28. The molecule has 1 aromatic carbocycles. The Morgan fingerprint density at radius 1 is 1.24 bits per heavy atom. The Labute approximate surface area is 128 Å². The third-order valence-corrected chi connectivity index (χ3v) is 4.78. The van der Waals surface area contributed by atoms with Gasteiger partial charge in [-0.2, -0.15) is 0 Å². The molecule has 0 atom stereocenters. The molecule has 5 heteroatoms. The fourth-order valence-electron chi connectivity index (χ4n) is 2.77. The van der Waals surface area contributed by atoms with E-state index in [4.69, 9.17) is 0 Å². The Balaban J connectivity index is 1.68. The van der Waals surface area contributed by atoms with E-state index in [0.717, 1.165) is 17.1 Å². The zero-order chi connectivity index (χ0) is 14.7. The van der Waals surface area contributed by atoms with E-state index < -0.39 is 5.97 Å². The van der Waals surface area contributed by atoms with E-state index in [1.165, 1.54) is 42.8 Å². The van der Waals surface area contributed by atoms with E-state index in [9.17, 15) is 9.90 Å². The molecule has 21 heavy (non-hydrogen) atoms. The highest BCUT2D eigenvalue weighted by atomic mass is 32.1. The first-order chi connectivity index (χ1) is 10.2. The number of rotatable bonds is 5. The quantitative estimate of drug-likeness (QED) is 0.863. The van der Waals surface area contributed by atoms with Crippen molar-refractivity contribution >= 4 is 17.3 Å². The van der Waals surface area contributed by atoms with Crippen molar-refractivity contribution < 1.29 is 14.8 Å². The molecule has 1 aliphatic rings. The number of nitrogens with one attached hydrogen (secondary N) is 1. The molecule has 2 aromatic rings. The van der Waals surface area contributed by atoms with Crippen LogP contribution >= 0.6 is 11.3 Å². The van der Waals surface area contributed by atoms with Gasteiger partial charge in [-0.15, -0.1) is 11.3 Å². The highest BCUT2D eigenvalue weighted by Crippen LogP contribution is 2.24. The van der Waals surface area contributed by atoms with E-state index in [0.29, 0.717) is 5.69 Å². The lowest BCUT2D eigenvalue weighted by molar-refractivity contribution is -0.901. The molecule has 1 N–H and O–H groups in total. The average molecular weight is 302 g/mol. The van der Waals surface area contributed by atoms with Crippen LogP contribution in [0.2, 0.25) is 0 Å². The summed E-state index contributed by atoms with van der Waals surface area (Å²) in [7, 11) is 0. The van der Waals surface area contributed by atoms with Gasteiger partial charge < -0.3 is 14.8 Å². The summed E-state index contributed by atoms with van der Waals surface area (Å²) >= 11 is 1.48. The number of carbonyl (C=O) groups is 1. The topological polar surface area (TPSA) is 57.5 Å². The van der Waals surface area contributed by atoms with Crippen molar-refractivity contribution in [1.82, 2.24) is 4.98 Å². The second-order valence-electron chi connectivity index (χ2n) is 5.52. The van der Waals surface area contributed by atoms with Crippen molar-refractivity contribution in [1.29, 1.82) is 0 Å². The molecule has 4 nitrogen and oxygen atoms in total. The van der Waals surface area contributed by atoms with Gasteiger partial charge in [-0.05, 0) is 0 Å². The molecule has 0 saturated carbocycles. The smallest absolute Gasteiger partial charge is 0.123 e. The van der Waals surface area contributed by atoms with Gasteiger partial charge in [0.2, 0.25) is 0 Å². The highest BCUT2D eigenvalue weighted by Gasteiger charge is 2.15. The number of thiazole rings is 1. The van der Waals surface area contributed by atoms with E-state index in [2.05, 4.69) is 29.2 Å². The SMILES string of the molecule is O=C([O-])Cc1csc(-c2ccc(C[NH+]3CCCC3)cc2)n1. The van der Waals surface area contributed by atoms with E-state index >= 15 is 0 Å². The number of quaternary nitrogens is 1. The summed E-state index contributed by atoms with van der Waals surface area (Å²) in [5, 5.41) is 13.2. The van der Waals surface area contributed by atoms with Crippen LogP contribution in [0.4, 0.5) is 0 Å². The van der Waals surface area contributed by atoms with Crippen molar-refractivity contribution in [3.63, 3.8) is 0 Å². The molecule has 0 aliphatic carbocycles. The fraction of sp³-hybridized carbons (Fsp3) is 0.375. The number of hydrogen-bond donors (Lipinski definition) is 1. The van der Waals surface area contributed by atoms with Crippen LogP contribution in [-0.2, 0) is 17.8 Å². The molecule has 0 radical (unpaired) electrons. The van der Waals surface area contributed by atoms with Crippen LogP contribution < -0.4 is 10.0 Å². The van der Waals surface area contributed by atoms with Crippen LogP contribution in [0.1, 0.15) is 24.1 Å². The molecule has 0 unspecified atom stereocenters. The minimum Gasteiger partial charge on any atom is -0.550 e. The monoisotopic (exact) mass is 302 g/mol. The molecule has 2 heterocycles. The number of likely N-dealkylation sites (tertiary alicyclic amines) is 1. The number of carbonyl (C=O) groups excluding carboxylic acids is 1. The van der Waals surface area contributed by atoms with Gasteiger partial charge in [-0.25, -0.2) is 4.98 Å². The predicted octanol–water partition coefficient (Wildman–Crippen LogP) is 0.281. The Hall–Kier alpha value is -1.72. The summed E-state index contributed by atoms with van der Waals surface area (Å²) in [6.45, 7) is 3.65. The lowest BCUT2D eigenvalue weighted by Crippen LogP contribution is -3.08. The lowest BCUT2D eigenvalue weighted by atomic mass is 10.1. The molecule has 1 fully saturated rings. The molecule has 1 aromatic heterocycles. The van der Waals surface area contributed by atoms with Crippen molar-refractivity contribution in [3.8, 4) is 10.6 Å². The maximum Gasteiger partial charge on any atom is 0.123 e. The van der Waals surface area contributed by atoms with Gasteiger partial charge in [-0.3, -0.25) is 0 Å². The Morgan fingerprint density at radius 3 is 2.62 bits per heavy atom. The Bertz CT molecular complexity index is 615. The van der Waals surface area contributed by atoms with Gasteiger partial charge in [0.05, 0.1) is 18.8 Å². The summed E-state index contributed by atoms with van der Waals surface area (Å²) in [4.78, 5) is 16.6. The molecular weight excluding hydrogens is 284 g/mol. The number of aliphatic carboxylic acids is 1. The normalized spacial score (nSPS) is 15.4. The molecule has 0 amide bonds. The molecule has 110 valence electrons. The molecule has 1 saturated heterocycles. The first kappa shape index (κ1) is 14.2. The lowest BCUT2D eigenvalue weighted by Gasteiger charge is -2.11. The number of hydrogen-bond acceptors (Lipinski definition) is 4. The van der Waals surface area contributed by atoms with Crippen molar-refractivity contribution in [2.75, 3.05) is 13.1 Å². The summed E-state index contributed by atoms with van der Waals surface area (Å²) < 4.78 is 0. The van der Waals surface area contributed by atoms with E-state index in [1.54, 1.807) is 10.3 Å². The Morgan fingerprint density at radius 2 is 1.95 bits per heavy atom. The largest absolute Gasteiger partial charge is 0.550 e. The summed E-state index contributed by atoms with van der Waals surface area (Å²) in [6, 6.07) is 8.46. The van der Waals surface area contributed by atoms with Gasteiger partial charge in [0.15, 0.2) is 0 Å². The Kier molecular flexibility index (Phi) is 4.31. The third kappa shape index (κ3) is 3.68. The number of carboxylic acid groups (broad SMARTS) is 1. The number of nitrogens with zero attached hydrogens (tertiary/aromatic N) is 1. The van der Waals surface area contributed by atoms with Crippen LogP contribution in [0.25, 0.3) is 10.6 Å². The fourth-order valence-corrected chi connectivity index (χ4v) is 3.60. The highest BCUT2D eigenvalue weighted by molar-refractivity contribution is 7.13. The van der Waals surface area contributed by atoms with Crippen LogP contribution in [0, 0.1) is 0 Å². The number of carboxylic acids is 1. The molecule has 0 bridgehead atoms. The maximum atomic E-state index is 10.6. The van der Waals surface area contributed by atoms with E-state index in [1.807, 2.05) is 0 Å². The van der Waals surface area contributed by atoms with Crippen LogP contribution in [-0.4, -0.2) is 24.0 Å². The standard InChI is InChI=1S/C16H18N2O2S/c19-15(20)9-14-11-21-16(17-14)13-5-3-12(4-6-13)10-18-7-1-2-8-18/h3-6,11H,1-2,7-10H2,(H,19,20). The third-order valence-electron chi connectivity index (χ3n) is 3.84. The van der Waals surface area contributed by atoms with Crippen molar-refractivity contribution in [2.24, 2.45) is 0 Å². The second kappa shape index (κ2) is 6.37. The van der Waals surface area contributed by atoms with Crippen molar-refractivity contribution in [2.45, 2.75) is 25.8 Å².